The molecule has 3 aromatic rings. The van der Waals surface area contributed by atoms with Gasteiger partial charge in [0.15, 0.2) is 11.6 Å². The van der Waals surface area contributed by atoms with E-state index in [-0.39, 0.29) is 22.4 Å². The van der Waals surface area contributed by atoms with Gasteiger partial charge in [-0.15, -0.1) is 0 Å². The molecule has 0 amide bonds. The van der Waals surface area contributed by atoms with Crippen LogP contribution < -0.4 is 0 Å². The minimum Gasteiger partial charge on any atom is -0.334 e. The molecule has 2 heterocycles. The quantitative estimate of drug-likeness (QED) is 0.575. The molecule has 0 saturated carbocycles. The highest BCUT2D eigenvalue weighted by molar-refractivity contribution is 7.89. The molecule has 156 valence electrons. The maximum absolute atomic E-state index is 13.1. The van der Waals surface area contributed by atoms with Crippen molar-refractivity contribution in [2.45, 2.75) is 30.6 Å². The first kappa shape index (κ1) is 20.4. The van der Waals surface area contributed by atoms with Crippen LogP contribution in [-0.4, -0.2) is 41.7 Å². The van der Waals surface area contributed by atoms with Crippen LogP contribution in [0, 0.1) is 5.82 Å². The predicted octanol–water partition coefficient (Wildman–Crippen LogP) is 3.65. The number of benzene rings is 2. The van der Waals surface area contributed by atoms with Crippen LogP contribution in [0.5, 0.6) is 0 Å². The van der Waals surface area contributed by atoms with Gasteiger partial charge < -0.3 is 4.52 Å². The molecule has 0 bridgehead atoms. The Bertz CT molecular complexity index is 1150. The monoisotopic (exact) mass is 429 g/mol. The fourth-order valence-corrected chi connectivity index (χ4v) is 4.95. The molecule has 0 unspecified atom stereocenters. The molecule has 1 aliphatic heterocycles. The number of halogens is 1. The van der Waals surface area contributed by atoms with Gasteiger partial charge >= 0.3 is 0 Å². The van der Waals surface area contributed by atoms with E-state index in [4.69, 9.17) is 4.52 Å². The zero-order valence-corrected chi connectivity index (χ0v) is 17.1. The summed E-state index contributed by atoms with van der Waals surface area (Å²) < 4.78 is 45.6. The highest BCUT2D eigenvalue weighted by Crippen LogP contribution is 2.30. The molecule has 4 rings (SSSR count). The lowest BCUT2D eigenvalue weighted by Crippen LogP contribution is -2.38. The summed E-state index contributed by atoms with van der Waals surface area (Å²) >= 11 is 0. The number of ketones is 1. The van der Waals surface area contributed by atoms with E-state index in [0.717, 1.165) is 0 Å². The molecular formula is C21H20FN3O4S. The number of carbonyl (C=O) groups excluding carboxylic acids is 1. The highest BCUT2D eigenvalue weighted by Gasteiger charge is 2.32. The summed E-state index contributed by atoms with van der Waals surface area (Å²) in [6, 6.07) is 11.8. The van der Waals surface area contributed by atoms with Crippen molar-refractivity contribution in [1.82, 2.24) is 14.4 Å². The molecule has 2 aromatic carbocycles. The van der Waals surface area contributed by atoms with Gasteiger partial charge in [-0.25, -0.2) is 12.8 Å². The van der Waals surface area contributed by atoms with Crippen molar-refractivity contribution in [3.05, 3.63) is 65.7 Å². The standard InChI is InChI=1S/C21H20FN3O4S/c1-14(26)15-4-8-19(9-5-15)30(27,28)25-12-10-16(11-13-25)20-23-21(29-24-20)17-2-6-18(22)7-3-17/h2-9,16H,10-13H2,1H3. The zero-order chi connectivity index (χ0) is 21.3. The Balaban J connectivity index is 1.43. The average Bonchev–Trinajstić information content (AvgIpc) is 3.25. The Labute approximate surface area is 173 Å². The van der Waals surface area contributed by atoms with Crippen LogP contribution in [-0.2, 0) is 10.0 Å². The van der Waals surface area contributed by atoms with Crippen molar-refractivity contribution < 1.29 is 22.1 Å². The van der Waals surface area contributed by atoms with Crippen molar-refractivity contribution in [3.63, 3.8) is 0 Å². The first-order chi connectivity index (χ1) is 14.3. The fraction of sp³-hybridized carbons (Fsp3) is 0.286. The van der Waals surface area contributed by atoms with E-state index < -0.39 is 10.0 Å². The van der Waals surface area contributed by atoms with Crippen LogP contribution in [0.3, 0.4) is 0 Å². The van der Waals surface area contributed by atoms with Crippen LogP contribution in [0.25, 0.3) is 11.5 Å². The van der Waals surface area contributed by atoms with Crippen molar-refractivity contribution >= 4 is 15.8 Å². The second-order valence-electron chi connectivity index (χ2n) is 7.22. The largest absolute Gasteiger partial charge is 0.334 e. The second-order valence-corrected chi connectivity index (χ2v) is 9.16. The molecule has 0 radical (unpaired) electrons. The number of Topliss-reactive ketones (excluding diaryl/α,β-unsaturated/α-hetero) is 1. The molecule has 0 aliphatic carbocycles. The van der Waals surface area contributed by atoms with E-state index >= 15 is 0 Å². The van der Waals surface area contributed by atoms with Crippen LogP contribution >= 0.6 is 0 Å². The first-order valence-corrected chi connectivity index (χ1v) is 11.0. The molecule has 30 heavy (non-hydrogen) atoms. The van der Waals surface area contributed by atoms with Gasteiger partial charge in [0.1, 0.15) is 5.82 Å². The Kier molecular flexibility index (Phi) is 5.48. The molecule has 1 saturated heterocycles. The summed E-state index contributed by atoms with van der Waals surface area (Å²) in [7, 11) is -3.63. The maximum atomic E-state index is 13.1. The summed E-state index contributed by atoms with van der Waals surface area (Å²) in [6.45, 7) is 2.11. The smallest absolute Gasteiger partial charge is 0.257 e. The van der Waals surface area contributed by atoms with Gasteiger partial charge in [-0.3, -0.25) is 4.79 Å². The minimum atomic E-state index is -3.63. The van der Waals surface area contributed by atoms with Gasteiger partial charge in [0.2, 0.25) is 10.0 Å². The summed E-state index contributed by atoms with van der Waals surface area (Å²) in [5.74, 6) is 0.361. The minimum absolute atomic E-state index is 0.0190. The van der Waals surface area contributed by atoms with E-state index in [1.807, 2.05) is 0 Å². The number of piperidine rings is 1. The van der Waals surface area contributed by atoms with Crippen LogP contribution in [0.15, 0.2) is 57.9 Å². The molecule has 1 aliphatic rings. The number of aromatic nitrogens is 2. The molecule has 7 nitrogen and oxygen atoms in total. The van der Waals surface area contributed by atoms with Crippen LogP contribution in [0.4, 0.5) is 4.39 Å². The molecule has 0 N–H and O–H groups in total. The summed E-state index contributed by atoms with van der Waals surface area (Å²) in [6.07, 6.45) is 1.13. The normalized spacial score (nSPS) is 15.9. The zero-order valence-electron chi connectivity index (χ0n) is 16.3. The number of nitrogens with zero attached hydrogens (tertiary/aromatic N) is 3. The van der Waals surface area contributed by atoms with Crippen LogP contribution in [0.1, 0.15) is 41.9 Å². The Morgan fingerprint density at radius 2 is 1.70 bits per heavy atom. The summed E-state index contributed by atoms with van der Waals surface area (Å²) in [4.78, 5) is 16.0. The highest BCUT2D eigenvalue weighted by atomic mass is 32.2. The third-order valence-corrected chi connectivity index (χ3v) is 7.16. The van der Waals surface area contributed by atoms with E-state index in [0.29, 0.717) is 48.8 Å². The topological polar surface area (TPSA) is 93.4 Å². The second kappa shape index (κ2) is 8.08. The first-order valence-electron chi connectivity index (χ1n) is 9.55. The van der Waals surface area contributed by atoms with E-state index in [1.54, 1.807) is 12.1 Å². The van der Waals surface area contributed by atoms with Crippen LogP contribution in [0.2, 0.25) is 0 Å². The van der Waals surface area contributed by atoms with Crippen molar-refractivity contribution in [2.75, 3.05) is 13.1 Å². The SMILES string of the molecule is CC(=O)c1ccc(S(=O)(=O)N2CCC(c3noc(-c4ccc(F)cc4)n3)CC2)cc1. The number of hydrogen-bond donors (Lipinski definition) is 0. The van der Waals surface area contributed by atoms with Gasteiger partial charge in [-0.05, 0) is 56.2 Å². The predicted molar refractivity (Wildman–Crippen MR) is 107 cm³/mol. The van der Waals surface area contributed by atoms with E-state index in [1.165, 1.54) is 47.6 Å². The van der Waals surface area contributed by atoms with Gasteiger partial charge in [-0.2, -0.15) is 9.29 Å². The number of hydrogen-bond acceptors (Lipinski definition) is 6. The lowest BCUT2D eigenvalue weighted by molar-refractivity contribution is 0.101. The van der Waals surface area contributed by atoms with E-state index in [9.17, 15) is 17.6 Å². The van der Waals surface area contributed by atoms with E-state index in [2.05, 4.69) is 10.1 Å². The molecule has 0 spiro atoms. The van der Waals surface area contributed by atoms with Crippen molar-refractivity contribution in [3.8, 4) is 11.5 Å². The van der Waals surface area contributed by atoms with Gasteiger partial charge in [0.05, 0.1) is 4.90 Å². The van der Waals surface area contributed by atoms with Gasteiger partial charge in [0, 0.05) is 30.1 Å². The van der Waals surface area contributed by atoms with Gasteiger partial charge in [-0.1, -0.05) is 17.3 Å². The Morgan fingerprint density at radius 1 is 1.07 bits per heavy atom. The van der Waals surface area contributed by atoms with Crippen molar-refractivity contribution in [1.29, 1.82) is 0 Å². The third kappa shape index (κ3) is 4.03. The summed E-state index contributed by atoms with van der Waals surface area (Å²) in [5, 5.41) is 4.03. The van der Waals surface area contributed by atoms with Crippen molar-refractivity contribution in [2.24, 2.45) is 0 Å². The molecule has 1 fully saturated rings. The summed E-state index contributed by atoms with van der Waals surface area (Å²) in [5.41, 5.74) is 1.10. The molecule has 9 heteroatoms. The average molecular weight is 429 g/mol. The lowest BCUT2D eigenvalue weighted by Gasteiger charge is -2.29. The number of carbonyl (C=O) groups is 1. The number of rotatable bonds is 5. The maximum Gasteiger partial charge on any atom is 0.257 e. The van der Waals surface area contributed by atoms with Gasteiger partial charge in [0.25, 0.3) is 5.89 Å². The lowest BCUT2D eigenvalue weighted by atomic mass is 9.97. The Morgan fingerprint density at radius 3 is 2.30 bits per heavy atom. The third-order valence-electron chi connectivity index (χ3n) is 5.25. The fourth-order valence-electron chi connectivity index (χ4n) is 3.48. The molecule has 0 atom stereocenters. The molecular weight excluding hydrogens is 409 g/mol. The molecule has 1 aromatic heterocycles. The number of sulfonamides is 1. The Hall–Kier alpha value is -2.91.